The van der Waals surface area contributed by atoms with Gasteiger partial charge in [0.1, 0.15) is 10.5 Å². The van der Waals surface area contributed by atoms with Gasteiger partial charge in [-0.1, -0.05) is 6.07 Å². The van der Waals surface area contributed by atoms with Crippen molar-refractivity contribution in [1.82, 2.24) is 0 Å². The third-order valence-corrected chi connectivity index (χ3v) is 4.38. The van der Waals surface area contributed by atoms with Crippen LogP contribution in [0, 0.1) is 0 Å². The lowest BCUT2D eigenvalue weighted by molar-refractivity contribution is -0.137. The molecule has 0 aromatic heterocycles. The monoisotopic (exact) mass is 305 g/mol. The Labute approximate surface area is 114 Å². The second-order valence-corrected chi connectivity index (χ2v) is 5.95. The van der Waals surface area contributed by atoms with Gasteiger partial charge in [0, 0.05) is 11.3 Å². The van der Waals surface area contributed by atoms with Crippen molar-refractivity contribution in [3.63, 3.8) is 0 Å². The molecule has 1 N–H and O–H groups in total. The molecule has 1 saturated heterocycles. The molecular formula is C12H10F3NO3S. The van der Waals surface area contributed by atoms with Gasteiger partial charge in [0.15, 0.2) is 0 Å². The molecule has 3 rings (SSSR count). The van der Waals surface area contributed by atoms with E-state index >= 15 is 0 Å². The van der Waals surface area contributed by atoms with Crippen molar-refractivity contribution in [2.24, 2.45) is 0 Å². The third kappa shape index (κ3) is 1.99. The maximum absolute atomic E-state index is 12.7. The second-order valence-electron chi connectivity index (χ2n) is 5.04. The van der Waals surface area contributed by atoms with E-state index in [0.717, 1.165) is 12.1 Å². The number of nitrogens with one attached hydrogen (secondary N) is 1. The quantitative estimate of drug-likeness (QED) is 0.633. The minimum atomic E-state index is -4.47. The summed E-state index contributed by atoms with van der Waals surface area (Å²) in [5.74, 6) is 0. The van der Waals surface area contributed by atoms with E-state index in [-0.39, 0.29) is 16.1 Å². The van der Waals surface area contributed by atoms with Crippen molar-refractivity contribution in [2.75, 3.05) is 11.9 Å². The molecule has 0 aliphatic carbocycles. The summed E-state index contributed by atoms with van der Waals surface area (Å²) in [5, 5.41) is 2.83. The smallest absolute Gasteiger partial charge is 0.374 e. The molecule has 0 saturated carbocycles. The fraction of sp³-hybridized carbons (Fsp3) is 0.417. The van der Waals surface area contributed by atoms with Gasteiger partial charge in [-0.15, -0.1) is 0 Å². The number of alkyl halides is 3. The van der Waals surface area contributed by atoms with E-state index in [9.17, 15) is 21.6 Å². The number of hydrogen-bond donors (Lipinski definition) is 1. The first-order valence-corrected chi connectivity index (χ1v) is 6.88. The van der Waals surface area contributed by atoms with Gasteiger partial charge in [-0.2, -0.15) is 21.6 Å². The fourth-order valence-corrected chi connectivity index (χ4v) is 3.19. The lowest BCUT2D eigenvalue weighted by atomic mass is 9.99. The van der Waals surface area contributed by atoms with E-state index in [1.807, 2.05) is 0 Å². The Morgan fingerprint density at radius 2 is 2.05 bits per heavy atom. The molecule has 2 unspecified atom stereocenters. The maximum atomic E-state index is 12.7. The van der Waals surface area contributed by atoms with Crippen LogP contribution in [0.4, 0.5) is 18.9 Å². The Kier molecular flexibility index (Phi) is 2.68. The minimum Gasteiger partial charge on any atom is -0.374 e. The summed E-state index contributed by atoms with van der Waals surface area (Å²) >= 11 is 0. The van der Waals surface area contributed by atoms with Gasteiger partial charge in [-0.3, -0.25) is 0 Å². The van der Waals surface area contributed by atoms with Crippen LogP contribution in [0.1, 0.15) is 18.1 Å². The zero-order chi connectivity index (χ0) is 14.7. The predicted octanol–water partition coefficient (Wildman–Crippen LogP) is 1.69. The van der Waals surface area contributed by atoms with Crippen LogP contribution in [-0.4, -0.2) is 31.5 Å². The number of epoxide rings is 1. The van der Waals surface area contributed by atoms with Gasteiger partial charge >= 0.3 is 6.18 Å². The number of ether oxygens (including phenoxy) is 1. The highest BCUT2D eigenvalue weighted by atomic mass is 32.2. The van der Waals surface area contributed by atoms with E-state index in [4.69, 9.17) is 4.74 Å². The molecule has 0 amide bonds. The number of halogens is 3. The van der Waals surface area contributed by atoms with Crippen LogP contribution >= 0.6 is 0 Å². The Morgan fingerprint density at radius 1 is 1.40 bits per heavy atom. The SMILES string of the molecule is CC1(C2Nc3cc(C(F)(F)F)ccc3C2=S(=O)=O)CO1. The highest BCUT2D eigenvalue weighted by Gasteiger charge is 2.53. The fourth-order valence-electron chi connectivity index (χ4n) is 2.33. The van der Waals surface area contributed by atoms with E-state index in [1.54, 1.807) is 6.92 Å². The lowest BCUT2D eigenvalue weighted by Crippen LogP contribution is -2.38. The molecule has 2 aliphatic heterocycles. The molecule has 0 radical (unpaired) electrons. The summed E-state index contributed by atoms with van der Waals surface area (Å²) in [5.41, 5.74) is -1.07. The maximum Gasteiger partial charge on any atom is 0.416 e. The molecule has 1 aromatic carbocycles. The van der Waals surface area contributed by atoms with E-state index in [1.165, 1.54) is 6.07 Å². The average molecular weight is 305 g/mol. The molecule has 1 aromatic rings. The Hall–Kier alpha value is -1.54. The first kappa shape index (κ1) is 13.4. The molecular weight excluding hydrogens is 295 g/mol. The molecule has 2 heterocycles. The highest BCUT2D eigenvalue weighted by Crippen LogP contribution is 2.41. The zero-order valence-electron chi connectivity index (χ0n) is 10.3. The highest BCUT2D eigenvalue weighted by molar-refractivity contribution is 7.73. The lowest BCUT2D eigenvalue weighted by Gasteiger charge is -2.15. The summed E-state index contributed by atoms with van der Waals surface area (Å²) in [6, 6.07) is 2.33. The Balaban J connectivity index is 2.13. The number of hydrogen-bond acceptors (Lipinski definition) is 4. The largest absolute Gasteiger partial charge is 0.416 e. The van der Waals surface area contributed by atoms with Crippen LogP contribution in [0.15, 0.2) is 18.2 Å². The summed E-state index contributed by atoms with van der Waals surface area (Å²) in [6.45, 7) is 2.08. The molecule has 4 nitrogen and oxygen atoms in total. The van der Waals surface area contributed by atoms with Crippen molar-refractivity contribution in [1.29, 1.82) is 0 Å². The van der Waals surface area contributed by atoms with Gasteiger partial charge in [0.2, 0.25) is 10.3 Å². The van der Waals surface area contributed by atoms with E-state index < -0.39 is 33.7 Å². The Morgan fingerprint density at radius 3 is 2.55 bits per heavy atom. The van der Waals surface area contributed by atoms with E-state index in [2.05, 4.69) is 5.32 Å². The first-order valence-electron chi connectivity index (χ1n) is 5.80. The number of benzene rings is 1. The second kappa shape index (κ2) is 3.98. The third-order valence-electron chi connectivity index (χ3n) is 3.56. The van der Waals surface area contributed by atoms with Crippen LogP contribution in [0.3, 0.4) is 0 Å². The number of fused-ring (bicyclic) bond motifs is 1. The van der Waals surface area contributed by atoms with Gasteiger partial charge < -0.3 is 10.1 Å². The first-order chi connectivity index (χ1) is 9.22. The molecule has 2 atom stereocenters. The molecule has 8 heteroatoms. The van der Waals surface area contributed by atoms with Gasteiger partial charge in [-0.25, -0.2) is 0 Å². The zero-order valence-corrected chi connectivity index (χ0v) is 11.1. The van der Waals surface area contributed by atoms with Crippen molar-refractivity contribution >= 4 is 20.8 Å². The number of anilines is 1. The molecule has 0 spiro atoms. The van der Waals surface area contributed by atoms with Gasteiger partial charge in [0.25, 0.3) is 0 Å². The van der Waals surface area contributed by atoms with Crippen molar-refractivity contribution in [3.05, 3.63) is 29.3 Å². The summed E-state index contributed by atoms with van der Waals surface area (Å²) in [6.07, 6.45) is -4.47. The molecule has 108 valence electrons. The molecule has 0 bridgehead atoms. The predicted molar refractivity (Wildman–Crippen MR) is 66.2 cm³/mol. The van der Waals surface area contributed by atoms with Crippen molar-refractivity contribution in [2.45, 2.75) is 24.7 Å². The van der Waals surface area contributed by atoms with Crippen LogP contribution in [0.25, 0.3) is 0 Å². The van der Waals surface area contributed by atoms with Crippen LogP contribution in [0.5, 0.6) is 0 Å². The van der Waals surface area contributed by atoms with Crippen LogP contribution < -0.4 is 5.32 Å². The van der Waals surface area contributed by atoms with Gasteiger partial charge in [-0.05, 0) is 19.1 Å². The Bertz CT molecular complexity index is 712. The number of rotatable bonds is 1. The molecule has 1 fully saturated rings. The summed E-state index contributed by atoms with van der Waals surface area (Å²) in [4.78, 5) is 0.0497. The van der Waals surface area contributed by atoms with Crippen LogP contribution in [-0.2, 0) is 21.2 Å². The van der Waals surface area contributed by atoms with Crippen LogP contribution in [0.2, 0.25) is 0 Å². The van der Waals surface area contributed by atoms with Gasteiger partial charge in [0.05, 0.1) is 18.2 Å². The standard InChI is InChI=1S/C12H10F3NO3S/c1-11(5-19-11)10-9(20(17)18)7-3-2-6(12(13,14)15)4-8(7)16-10/h2-4,10,16H,5H2,1H3. The topological polar surface area (TPSA) is 58.7 Å². The average Bonchev–Trinajstić information content (AvgIpc) is 2.96. The van der Waals surface area contributed by atoms with Crippen molar-refractivity contribution in [3.8, 4) is 0 Å². The molecule has 2 aliphatic rings. The normalized spacial score (nSPS) is 28.0. The van der Waals surface area contributed by atoms with Crippen molar-refractivity contribution < 1.29 is 26.3 Å². The summed E-state index contributed by atoms with van der Waals surface area (Å²) in [7, 11) is -2.52. The molecule has 20 heavy (non-hydrogen) atoms. The van der Waals surface area contributed by atoms with E-state index in [0.29, 0.717) is 6.61 Å². The minimum absolute atomic E-state index is 0.0497. The summed E-state index contributed by atoms with van der Waals surface area (Å²) < 4.78 is 66.0.